The maximum Gasteiger partial charge on any atom is 0.338 e. The molecule has 1 N–H and O–H groups in total. The van der Waals surface area contributed by atoms with Gasteiger partial charge in [0.15, 0.2) is 0 Å². The third-order valence-corrected chi connectivity index (χ3v) is 4.20. The first-order valence-electron chi connectivity index (χ1n) is 6.10. The van der Waals surface area contributed by atoms with Crippen LogP contribution in [0.4, 0.5) is 0 Å². The van der Waals surface area contributed by atoms with Crippen molar-refractivity contribution in [3.63, 3.8) is 0 Å². The molecule has 0 bridgehead atoms. The van der Waals surface area contributed by atoms with E-state index >= 15 is 0 Å². The molecular weight excluding hydrogens is 282 g/mol. The summed E-state index contributed by atoms with van der Waals surface area (Å²) in [5, 5.41) is 0. The molecule has 0 unspecified atom stereocenters. The molecule has 1 rings (SSSR count). The Bertz CT molecular complexity index is 568. The smallest absolute Gasteiger partial charge is 0.338 e. The van der Waals surface area contributed by atoms with Crippen LogP contribution in [0.1, 0.15) is 22.3 Å². The summed E-state index contributed by atoms with van der Waals surface area (Å²) in [7, 11) is -0.826. The highest BCUT2D eigenvalue weighted by molar-refractivity contribution is 7.89. The van der Waals surface area contributed by atoms with E-state index in [9.17, 15) is 13.2 Å². The first-order valence-corrected chi connectivity index (χ1v) is 7.58. The van der Waals surface area contributed by atoms with Gasteiger partial charge in [0, 0.05) is 20.3 Å². The van der Waals surface area contributed by atoms with Crippen LogP contribution in [0.3, 0.4) is 0 Å². The molecule has 1 aromatic carbocycles. The molecule has 0 aromatic heterocycles. The van der Waals surface area contributed by atoms with Gasteiger partial charge in [-0.25, -0.2) is 17.9 Å². The molecule has 0 saturated carbocycles. The number of ether oxygens (including phenoxy) is 2. The van der Waals surface area contributed by atoms with Crippen molar-refractivity contribution in [2.75, 3.05) is 27.4 Å². The van der Waals surface area contributed by atoms with Gasteiger partial charge in [-0.1, -0.05) is 6.07 Å². The molecule has 0 radical (unpaired) electrons. The molecule has 6 nitrogen and oxygen atoms in total. The standard InChI is InChI=1S/C13H19NO5S/c1-10-5-6-11(9-12(10)13(15)19-3)20(16,17)14-7-4-8-18-2/h5-6,9,14H,4,7-8H2,1-3H3. The predicted molar refractivity (Wildman–Crippen MR) is 74.2 cm³/mol. The van der Waals surface area contributed by atoms with E-state index in [1.165, 1.54) is 19.2 Å². The molecule has 0 fully saturated rings. The van der Waals surface area contributed by atoms with E-state index in [4.69, 9.17) is 4.74 Å². The highest BCUT2D eigenvalue weighted by Gasteiger charge is 2.17. The van der Waals surface area contributed by atoms with Gasteiger partial charge in [0.2, 0.25) is 10.0 Å². The first kappa shape index (κ1) is 16.6. The van der Waals surface area contributed by atoms with Crippen LogP contribution < -0.4 is 4.72 Å². The Kier molecular flexibility index (Phi) is 6.12. The second-order valence-corrected chi connectivity index (χ2v) is 5.98. The summed E-state index contributed by atoms with van der Waals surface area (Å²) >= 11 is 0. The molecule has 20 heavy (non-hydrogen) atoms. The van der Waals surface area contributed by atoms with E-state index in [1.54, 1.807) is 20.1 Å². The number of benzene rings is 1. The molecular formula is C13H19NO5S. The van der Waals surface area contributed by atoms with Gasteiger partial charge in [-0.3, -0.25) is 0 Å². The van der Waals surface area contributed by atoms with Crippen LogP contribution >= 0.6 is 0 Å². The van der Waals surface area contributed by atoms with Crippen LogP contribution in [0, 0.1) is 6.92 Å². The van der Waals surface area contributed by atoms with E-state index < -0.39 is 16.0 Å². The number of esters is 1. The van der Waals surface area contributed by atoms with Crippen molar-refractivity contribution in [1.82, 2.24) is 4.72 Å². The van der Waals surface area contributed by atoms with Crippen molar-refractivity contribution in [2.45, 2.75) is 18.2 Å². The molecule has 0 heterocycles. The monoisotopic (exact) mass is 301 g/mol. The Morgan fingerprint density at radius 3 is 2.60 bits per heavy atom. The SMILES string of the molecule is COCCCNS(=O)(=O)c1ccc(C)c(C(=O)OC)c1. The number of rotatable bonds is 7. The molecule has 0 aliphatic rings. The minimum Gasteiger partial charge on any atom is -0.465 e. The van der Waals surface area contributed by atoms with E-state index in [-0.39, 0.29) is 17.0 Å². The summed E-state index contributed by atoms with van der Waals surface area (Å²) < 4.78 is 36.1. The Morgan fingerprint density at radius 1 is 1.30 bits per heavy atom. The van der Waals surface area contributed by atoms with Crippen LogP contribution in [-0.4, -0.2) is 41.8 Å². The Balaban J connectivity index is 2.93. The topological polar surface area (TPSA) is 81.7 Å². The average molecular weight is 301 g/mol. The second kappa shape index (κ2) is 7.37. The van der Waals surface area contributed by atoms with Crippen LogP contribution in [0.2, 0.25) is 0 Å². The maximum atomic E-state index is 12.1. The Labute approximate surface area is 119 Å². The average Bonchev–Trinajstić information content (AvgIpc) is 2.43. The molecule has 0 aliphatic heterocycles. The molecule has 7 heteroatoms. The summed E-state index contributed by atoms with van der Waals surface area (Å²) in [6, 6.07) is 4.36. The molecule has 0 atom stereocenters. The molecule has 0 spiro atoms. The van der Waals surface area contributed by atoms with Gasteiger partial charge >= 0.3 is 5.97 Å². The van der Waals surface area contributed by atoms with Crippen molar-refractivity contribution in [1.29, 1.82) is 0 Å². The molecule has 0 aliphatic carbocycles. The lowest BCUT2D eigenvalue weighted by Crippen LogP contribution is -2.25. The van der Waals surface area contributed by atoms with Crippen LogP contribution in [0.25, 0.3) is 0 Å². The van der Waals surface area contributed by atoms with E-state index in [0.717, 1.165) is 0 Å². The van der Waals surface area contributed by atoms with Crippen molar-refractivity contribution in [2.24, 2.45) is 0 Å². The number of methoxy groups -OCH3 is 2. The van der Waals surface area contributed by atoms with Gasteiger partial charge in [0.1, 0.15) is 0 Å². The van der Waals surface area contributed by atoms with Crippen LogP contribution in [0.15, 0.2) is 23.1 Å². The van der Waals surface area contributed by atoms with E-state index in [0.29, 0.717) is 18.6 Å². The van der Waals surface area contributed by atoms with Crippen molar-refractivity contribution >= 4 is 16.0 Å². The van der Waals surface area contributed by atoms with Gasteiger partial charge < -0.3 is 9.47 Å². The summed E-state index contributed by atoms with van der Waals surface area (Å²) in [5.74, 6) is -0.557. The number of carbonyl (C=O) groups excluding carboxylic acids is 1. The normalized spacial score (nSPS) is 11.3. The fraction of sp³-hybridized carbons (Fsp3) is 0.462. The fourth-order valence-electron chi connectivity index (χ4n) is 1.60. The molecule has 112 valence electrons. The summed E-state index contributed by atoms with van der Waals surface area (Å²) in [5.41, 5.74) is 0.905. The summed E-state index contributed by atoms with van der Waals surface area (Å²) in [4.78, 5) is 11.6. The Morgan fingerprint density at radius 2 is 2.00 bits per heavy atom. The third kappa shape index (κ3) is 4.29. The number of sulfonamides is 1. The number of carbonyl (C=O) groups is 1. The zero-order valence-electron chi connectivity index (χ0n) is 11.8. The Hall–Kier alpha value is -1.44. The summed E-state index contributed by atoms with van der Waals surface area (Å²) in [6.45, 7) is 2.47. The number of nitrogens with one attached hydrogen (secondary N) is 1. The number of hydrogen-bond donors (Lipinski definition) is 1. The lowest BCUT2D eigenvalue weighted by atomic mass is 10.1. The van der Waals surface area contributed by atoms with Crippen molar-refractivity contribution < 1.29 is 22.7 Å². The maximum absolute atomic E-state index is 12.1. The van der Waals surface area contributed by atoms with Crippen molar-refractivity contribution in [3.8, 4) is 0 Å². The lowest BCUT2D eigenvalue weighted by Gasteiger charge is -2.09. The number of aryl methyl sites for hydroxylation is 1. The zero-order valence-corrected chi connectivity index (χ0v) is 12.6. The van der Waals surface area contributed by atoms with Gasteiger partial charge in [-0.15, -0.1) is 0 Å². The highest BCUT2D eigenvalue weighted by Crippen LogP contribution is 2.16. The largest absolute Gasteiger partial charge is 0.465 e. The second-order valence-electron chi connectivity index (χ2n) is 4.21. The lowest BCUT2D eigenvalue weighted by molar-refractivity contribution is 0.0599. The minimum absolute atomic E-state index is 0.0425. The van der Waals surface area contributed by atoms with E-state index in [1.807, 2.05) is 0 Å². The number of hydrogen-bond acceptors (Lipinski definition) is 5. The first-order chi connectivity index (χ1) is 9.42. The third-order valence-electron chi connectivity index (χ3n) is 2.74. The molecule has 0 amide bonds. The summed E-state index contributed by atoms with van der Waals surface area (Å²) in [6.07, 6.45) is 0.575. The van der Waals surface area contributed by atoms with Gasteiger partial charge in [0.25, 0.3) is 0 Å². The minimum atomic E-state index is -3.64. The van der Waals surface area contributed by atoms with Gasteiger partial charge in [-0.2, -0.15) is 0 Å². The fourth-order valence-corrected chi connectivity index (χ4v) is 2.70. The van der Waals surface area contributed by atoms with Gasteiger partial charge in [-0.05, 0) is 31.0 Å². The van der Waals surface area contributed by atoms with Crippen LogP contribution in [0.5, 0.6) is 0 Å². The highest BCUT2D eigenvalue weighted by atomic mass is 32.2. The van der Waals surface area contributed by atoms with Crippen LogP contribution in [-0.2, 0) is 19.5 Å². The predicted octanol–water partition coefficient (Wildman–Crippen LogP) is 1.10. The quantitative estimate of drug-likeness (QED) is 0.602. The zero-order chi connectivity index (χ0) is 15.2. The van der Waals surface area contributed by atoms with Crippen molar-refractivity contribution in [3.05, 3.63) is 29.3 Å². The molecule has 0 saturated heterocycles. The van der Waals surface area contributed by atoms with E-state index in [2.05, 4.69) is 9.46 Å². The van der Waals surface area contributed by atoms with Gasteiger partial charge in [0.05, 0.1) is 17.6 Å². The molecule has 1 aromatic rings.